The van der Waals surface area contributed by atoms with Gasteiger partial charge in [0, 0.05) is 6.07 Å². The molecule has 14 heavy (non-hydrogen) atoms. The lowest BCUT2D eigenvalue weighted by molar-refractivity contribution is -0.390. The summed E-state index contributed by atoms with van der Waals surface area (Å²) >= 11 is 3.25. The zero-order valence-corrected chi connectivity index (χ0v) is 8.85. The van der Waals surface area contributed by atoms with Gasteiger partial charge < -0.3 is 10.1 Å². The molecule has 2 aromatic rings. The number of aryl methyl sites for hydroxylation is 1. The average Bonchev–Trinajstić information content (AvgIpc) is 2.40. The average molecular weight is 256 g/mol. The highest BCUT2D eigenvalue weighted by Crippen LogP contribution is 2.21. The molecule has 2 rings (SSSR count). The zero-order valence-electron chi connectivity index (χ0n) is 7.27. The summed E-state index contributed by atoms with van der Waals surface area (Å²) < 4.78 is 2.24. The Morgan fingerprint density at radius 2 is 2.29 bits per heavy atom. The molecule has 5 nitrogen and oxygen atoms in total. The second kappa shape index (κ2) is 3.06. The monoisotopic (exact) mass is 255 g/mol. The van der Waals surface area contributed by atoms with Crippen LogP contribution in [0.5, 0.6) is 0 Å². The molecule has 0 fully saturated rings. The molecule has 0 aliphatic heterocycles. The smallest absolute Gasteiger partial charge is 0.350 e. The van der Waals surface area contributed by atoms with Crippen molar-refractivity contribution in [1.29, 1.82) is 0 Å². The third-order valence-electron chi connectivity index (χ3n) is 1.90. The van der Waals surface area contributed by atoms with Gasteiger partial charge in [-0.25, -0.2) is 4.98 Å². The molecule has 72 valence electrons. The number of nitrogens with zero attached hydrogens (tertiary/aromatic N) is 3. The molecule has 0 radical (unpaired) electrons. The van der Waals surface area contributed by atoms with Crippen LogP contribution < -0.4 is 0 Å². The van der Waals surface area contributed by atoms with Crippen molar-refractivity contribution in [2.24, 2.45) is 0 Å². The van der Waals surface area contributed by atoms with Crippen LogP contribution in [-0.2, 0) is 0 Å². The minimum absolute atomic E-state index is 0.0151. The first-order valence-electron chi connectivity index (χ1n) is 3.88. The van der Waals surface area contributed by atoms with Crippen LogP contribution in [0, 0.1) is 17.0 Å². The highest BCUT2D eigenvalue weighted by Gasteiger charge is 2.18. The molecule has 0 N–H and O–H groups in total. The third kappa shape index (κ3) is 1.27. The zero-order chi connectivity index (χ0) is 10.3. The normalized spacial score (nSPS) is 10.7. The van der Waals surface area contributed by atoms with E-state index in [9.17, 15) is 10.1 Å². The first-order chi connectivity index (χ1) is 6.59. The summed E-state index contributed by atoms with van der Waals surface area (Å²) in [5, 5.41) is 10.7. The van der Waals surface area contributed by atoms with Crippen molar-refractivity contribution in [2.45, 2.75) is 6.92 Å². The molecule has 0 spiro atoms. The lowest BCUT2D eigenvalue weighted by Gasteiger charge is -1.94. The number of nitro groups is 1. The highest BCUT2D eigenvalue weighted by molar-refractivity contribution is 9.10. The van der Waals surface area contributed by atoms with Crippen molar-refractivity contribution in [3.8, 4) is 0 Å². The number of fused-ring (bicyclic) bond motifs is 1. The van der Waals surface area contributed by atoms with Crippen LogP contribution >= 0.6 is 15.9 Å². The summed E-state index contributed by atoms with van der Waals surface area (Å²) in [6.45, 7) is 1.62. The Bertz CT molecular complexity index is 521. The standard InChI is InChI=1S/C8H6BrN3O2/c1-5-8(12(13)14)11-4-6(9)2-3-7(11)10-5/h2-4H,1H3. The highest BCUT2D eigenvalue weighted by atomic mass is 79.9. The summed E-state index contributed by atoms with van der Waals surface area (Å²) in [5.41, 5.74) is 1.01. The summed E-state index contributed by atoms with van der Waals surface area (Å²) in [5.74, 6) is 0.0151. The van der Waals surface area contributed by atoms with E-state index in [1.54, 1.807) is 25.3 Å². The second-order valence-electron chi connectivity index (χ2n) is 2.85. The minimum Gasteiger partial charge on any atom is -0.358 e. The number of hydrogen-bond donors (Lipinski definition) is 0. The van der Waals surface area contributed by atoms with Crippen LogP contribution in [0.2, 0.25) is 0 Å². The third-order valence-corrected chi connectivity index (χ3v) is 2.37. The van der Waals surface area contributed by atoms with Crippen molar-refractivity contribution >= 4 is 27.4 Å². The molecule has 0 amide bonds. The van der Waals surface area contributed by atoms with E-state index >= 15 is 0 Å². The Kier molecular flexibility index (Phi) is 1.99. The number of hydrogen-bond acceptors (Lipinski definition) is 3. The van der Waals surface area contributed by atoms with Crippen molar-refractivity contribution in [3.63, 3.8) is 0 Å². The number of imidazole rings is 1. The number of rotatable bonds is 1. The molecular weight excluding hydrogens is 250 g/mol. The largest absolute Gasteiger partial charge is 0.358 e. The first kappa shape index (κ1) is 9.14. The minimum atomic E-state index is -0.429. The van der Waals surface area contributed by atoms with Crippen LogP contribution in [-0.4, -0.2) is 14.3 Å². The van der Waals surface area contributed by atoms with Crippen molar-refractivity contribution < 1.29 is 4.92 Å². The fourth-order valence-electron chi connectivity index (χ4n) is 1.34. The van der Waals surface area contributed by atoms with Gasteiger partial charge in [-0.05, 0) is 33.8 Å². The van der Waals surface area contributed by atoms with Crippen LogP contribution in [0.4, 0.5) is 5.82 Å². The molecule has 0 aliphatic rings. The summed E-state index contributed by atoms with van der Waals surface area (Å²) in [7, 11) is 0. The van der Waals surface area contributed by atoms with Crippen LogP contribution in [0.25, 0.3) is 5.65 Å². The van der Waals surface area contributed by atoms with Crippen LogP contribution in [0.1, 0.15) is 5.69 Å². The number of aromatic nitrogens is 2. The molecule has 0 bridgehead atoms. The Hall–Kier alpha value is -1.43. The predicted molar refractivity (Wildman–Crippen MR) is 54.3 cm³/mol. The van der Waals surface area contributed by atoms with Gasteiger partial charge in [0.15, 0.2) is 0 Å². The van der Waals surface area contributed by atoms with E-state index in [1.807, 2.05) is 0 Å². The fourth-order valence-corrected chi connectivity index (χ4v) is 1.68. The van der Waals surface area contributed by atoms with E-state index < -0.39 is 4.92 Å². The van der Waals surface area contributed by atoms with E-state index in [2.05, 4.69) is 20.9 Å². The van der Waals surface area contributed by atoms with E-state index in [0.29, 0.717) is 11.3 Å². The van der Waals surface area contributed by atoms with Crippen LogP contribution in [0.3, 0.4) is 0 Å². The molecule has 0 aliphatic carbocycles. The maximum Gasteiger partial charge on any atom is 0.350 e. The Labute approximate surface area is 87.7 Å². The Morgan fingerprint density at radius 1 is 1.57 bits per heavy atom. The van der Waals surface area contributed by atoms with Gasteiger partial charge in [0.2, 0.25) is 5.65 Å². The summed E-state index contributed by atoms with van der Waals surface area (Å²) in [6, 6.07) is 3.52. The van der Waals surface area contributed by atoms with Gasteiger partial charge in [-0.15, -0.1) is 0 Å². The predicted octanol–water partition coefficient (Wildman–Crippen LogP) is 2.31. The van der Waals surface area contributed by atoms with Crippen molar-refractivity contribution in [1.82, 2.24) is 9.38 Å². The van der Waals surface area contributed by atoms with Gasteiger partial charge in [-0.2, -0.15) is 4.40 Å². The lowest BCUT2D eigenvalue weighted by atomic mass is 10.5. The molecule has 0 saturated heterocycles. The van der Waals surface area contributed by atoms with Crippen molar-refractivity contribution in [3.05, 3.63) is 38.6 Å². The molecule has 2 aromatic heterocycles. The van der Waals surface area contributed by atoms with Gasteiger partial charge in [-0.1, -0.05) is 0 Å². The van der Waals surface area contributed by atoms with Gasteiger partial charge >= 0.3 is 5.82 Å². The quantitative estimate of drug-likeness (QED) is 0.581. The molecule has 2 heterocycles. The number of pyridine rings is 1. The van der Waals surface area contributed by atoms with Gasteiger partial charge in [0.25, 0.3) is 0 Å². The molecule has 0 unspecified atom stereocenters. The Morgan fingerprint density at radius 3 is 2.93 bits per heavy atom. The van der Waals surface area contributed by atoms with E-state index in [0.717, 1.165) is 4.47 Å². The fraction of sp³-hybridized carbons (Fsp3) is 0.125. The maximum absolute atomic E-state index is 10.7. The number of halogens is 1. The maximum atomic E-state index is 10.7. The lowest BCUT2D eigenvalue weighted by Crippen LogP contribution is -1.95. The van der Waals surface area contributed by atoms with Gasteiger partial charge in [-0.3, -0.25) is 0 Å². The van der Waals surface area contributed by atoms with Gasteiger partial charge in [0.1, 0.15) is 11.9 Å². The summed E-state index contributed by atoms with van der Waals surface area (Å²) in [6.07, 6.45) is 1.63. The van der Waals surface area contributed by atoms with Crippen LogP contribution in [0.15, 0.2) is 22.8 Å². The topological polar surface area (TPSA) is 60.4 Å². The molecule has 0 saturated carbocycles. The van der Waals surface area contributed by atoms with Gasteiger partial charge in [0.05, 0.1) is 4.47 Å². The second-order valence-corrected chi connectivity index (χ2v) is 3.77. The molecule has 6 heteroatoms. The molecular formula is C8H6BrN3O2. The summed E-state index contributed by atoms with van der Waals surface area (Å²) in [4.78, 5) is 14.4. The first-order valence-corrected chi connectivity index (χ1v) is 4.67. The van der Waals surface area contributed by atoms with Crippen molar-refractivity contribution in [2.75, 3.05) is 0 Å². The Balaban J connectivity index is 2.86. The molecule has 0 atom stereocenters. The molecule has 0 aromatic carbocycles. The van der Waals surface area contributed by atoms with E-state index in [-0.39, 0.29) is 5.82 Å². The van der Waals surface area contributed by atoms with E-state index in [1.165, 1.54) is 4.40 Å². The SMILES string of the molecule is Cc1nc2ccc(Br)cn2c1[N+](=O)[O-]. The van der Waals surface area contributed by atoms with E-state index in [4.69, 9.17) is 0 Å².